The molecule has 0 unspecified atom stereocenters. The van der Waals surface area contributed by atoms with E-state index in [0.29, 0.717) is 16.9 Å². The highest BCUT2D eigenvalue weighted by molar-refractivity contribution is 5.96. The first kappa shape index (κ1) is 21.8. The molecule has 3 aromatic carbocycles. The molecule has 164 valence electrons. The van der Waals surface area contributed by atoms with Crippen molar-refractivity contribution >= 4 is 11.9 Å². The van der Waals surface area contributed by atoms with Gasteiger partial charge in [-0.25, -0.2) is 9.59 Å². The standard InChI is InChI=1S/C28H28O4/c1-20-9-11-23(12-10-20)28(17-4-3-5-18-28)24-13-15-25(16-14-24)32-27(30)22-8-6-7-21(19-22)26(29)31-2/h6-16,19H,3-5,17-18H2,1-2H3. The Hall–Kier alpha value is -3.40. The fourth-order valence-corrected chi connectivity index (χ4v) is 4.67. The van der Waals surface area contributed by atoms with Crippen molar-refractivity contribution in [1.29, 1.82) is 0 Å². The van der Waals surface area contributed by atoms with Gasteiger partial charge in [-0.3, -0.25) is 0 Å². The number of hydrogen-bond donors (Lipinski definition) is 0. The van der Waals surface area contributed by atoms with Crippen LogP contribution in [0.3, 0.4) is 0 Å². The van der Waals surface area contributed by atoms with Gasteiger partial charge in [0.1, 0.15) is 5.75 Å². The molecule has 4 nitrogen and oxygen atoms in total. The molecule has 0 saturated heterocycles. The van der Waals surface area contributed by atoms with Crippen molar-refractivity contribution in [1.82, 2.24) is 0 Å². The molecule has 0 aromatic heterocycles. The first-order valence-corrected chi connectivity index (χ1v) is 11.1. The molecule has 0 spiro atoms. The Morgan fingerprint density at radius 2 is 1.31 bits per heavy atom. The summed E-state index contributed by atoms with van der Waals surface area (Å²) in [6.45, 7) is 2.11. The van der Waals surface area contributed by atoms with Crippen LogP contribution < -0.4 is 4.74 Å². The second kappa shape index (κ2) is 9.39. The molecule has 0 atom stereocenters. The molecule has 0 bridgehead atoms. The molecule has 0 aliphatic heterocycles. The van der Waals surface area contributed by atoms with Gasteiger partial charge in [0.05, 0.1) is 18.2 Å². The lowest BCUT2D eigenvalue weighted by atomic mass is 9.65. The third kappa shape index (κ3) is 4.45. The molecule has 3 aromatic rings. The van der Waals surface area contributed by atoms with E-state index in [1.54, 1.807) is 18.2 Å². The van der Waals surface area contributed by atoms with Crippen LogP contribution in [-0.4, -0.2) is 19.0 Å². The lowest BCUT2D eigenvalue weighted by Gasteiger charge is -2.38. The molecule has 4 heteroatoms. The van der Waals surface area contributed by atoms with E-state index in [2.05, 4.69) is 43.3 Å². The quantitative estimate of drug-likeness (QED) is 0.356. The first-order chi connectivity index (χ1) is 15.5. The van der Waals surface area contributed by atoms with Crippen LogP contribution in [0.5, 0.6) is 5.75 Å². The number of rotatable bonds is 5. The Labute approximate surface area is 189 Å². The van der Waals surface area contributed by atoms with E-state index in [1.165, 1.54) is 49.1 Å². The van der Waals surface area contributed by atoms with E-state index >= 15 is 0 Å². The van der Waals surface area contributed by atoms with E-state index in [-0.39, 0.29) is 5.41 Å². The summed E-state index contributed by atoms with van der Waals surface area (Å²) in [7, 11) is 1.31. The smallest absolute Gasteiger partial charge is 0.343 e. The molecule has 1 aliphatic rings. The van der Waals surface area contributed by atoms with Crippen LogP contribution in [0.15, 0.2) is 72.8 Å². The zero-order valence-electron chi connectivity index (χ0n) is 18.6. The van der Waals surface area contributed by atoms with Gasteiger partial charge in [-0.15, -0.1) is 0 Å². The zero-order valence-corrected chi connectivity index (χ0v) is 18.6. The summed E-state index contributed by atoms with van der Waals surface area (Å²) in [4.78, 5) is 24.3. The predicted octanol–water partition coefficient (Wildman–Crippen LogP) is 6.25. The lowest BCUT2D eigenvalue weighted by molar-refractivity contribution is 0.0600. The molecule has 32 heavy (non-hydrogen) atoms. The Morgan fingerprint density at radius 1 is 0.750 bits per heavy atom. The van der Waals surface area contributed by atoms with Crippen molar-refractivity contribution in [3.63, 3.8) is 0 Å². The highest BCUT2D eigenvalue weighted by atomic mass is 16.5. The monoisotopic (exact) mass is 428 g/mol. The molecular weight excluding hydrogens is 400 g/mol. The van der Waals surface area contributed by atoms with Crippen molar-refractivity contribution in [2.75, 3.05) is 7.11 Å². The third-order valence-corrected chi connectivity index (χ3v) is 6.45. The summed E-state index contributed by atoms with van der Waals surface area (Å²) in [5.41, 5.74) is 4.50. The number of esters is 2. The minimum absolute atomic E-state index is 0.00331. The Balaban J connectivity index is 1.56. The van der Waals surface area contributed by atoms with Gasteiger partial charge in [-0.2, -0.15) is 0 Å². The molecule has 4 rings (SSSR count). The van der Waals surface area contributed by atoms with Gasteiger partial charge in [0.15, 0.2) is 0 Å². The highest BCUT2D eigenvalue weighted by Gasteiger charge is 2.35. The highest BCUT2D eigenvalue weighted by Crippen LogP contribution is 2.45. The second-order valence-corrected chi connectivity index (χ2v) is 8.50. The van der Waals surface area contributed by atoms with E-state index < -0.39 is 11.9 Å². The van der Waals surface area contributed by atoms with Gasteiger partial charge in [-0.05, 0) is 61.2 Å². The van der Waals surface area contributed by atoms with E-state index in [0.717, 1.165) is 12.8 Å². The fraction of sp³-hybridized carbons (Fsp3) is 0.286. The zero-order chi connectivity index (χ0) is 22.6. The van der Waals surface area contributed by atoms with Crippen LogP contribution in [-0.2, 0) is 10.2 Å². The van der Waals surface area contributed by atoms with Crippen LogP contribution in [0, 0.1) is 6.92 Å². The molecule has 1 saturated carbocycles. The van der Waals surface area contributed by atoms with Crippen molar-refractivity contribution in [3.8, 4) is 5.75 Å². The minimum atomic E-state index is -0.505. The molecule has 0 amide bonds. The fourth-order valence-electron chi connectivity index (χ4n) is 4.67. The van der Waals surface area contributed by atoms with Crippen LogP contribution in [0.2, 0.25) is 0 Å². The van der Waals surface area contributed by atoms with Gasteiger partial charge in [-0.1, -0.05) is 67.3 Å². The van der Waals surface area contributed by atoms with Crippen LogP contribution in [0.1, 0.15) is 69.5 Å². The summed E-state index contributed by atoms with van der Waals surface area (Å²) < 4.78 is 10.3. The number of hydrogen-bond acceptors (Lipinski definition) is 4. The Morgan fingerprint density at radius 3 is 1.91 bits per heavy atom. The topological polar surface area (TPSA) is 52.6 Å². The Kier molecular flexibility index (Phi) is 6.40. The average molecular weight is 429 g/mol. The predicted molar refractivity (Wildman–Crippen MR) is 124 cm³/mol. The maximum atomic E-state index is 12.6. The third-order valence-electron chi connectivity index (χ3n) is 6.45. The molecule has 0 heterocycles. The minimum Gasteiger partial charge on any atom is -0.465 e. The molecule has 1 aliphatic carbocycles. The number of carbonyl (C=O) groups excluding carboxylic acids is 2. The van der Waals surface area contributed by atoms with E-state index in [1.807, 2.05) is 12.1 Å². The summed E-state index contributed by atoms with van der Waals surface area (Å²) in [5, 5.41) is 0. The first-order valence-electron chi connectivity index (χ1n) is 11.1. The van der Waals surface area contributed by atoms with Gasteiger partial charge < -0.3 is 9.47 Å². The molecule has 0 radical (unpaired) electrons. The van der Waals surface area contributed by atoms with Crippen molar-refractivity contribution < 1.29 is 19.1 Å². The van der Waals surface area contributed by atoms with E-state index in [9.17, 15) is 9.59 Å². The van der Waals surface area contributed by atoms with Crippen molar-refractivity contribution in [2.24, 2.45) is 0 Å². The van der Waals surface area contributed by atoms with Crippen LogP contribution in [0.4, 0.5) is 0 Å². The van der Waals surface area contributed by atoms with Gasteiger partial charge in [0, 0.05) is 5.41 Å². The number of methoxy groups -OCH3 is 1. The van der Waals surface area contributed by atoms with Gasteiger partial charge in [0.25, 0.3) is 0 Å². The normalized spacial score (nSPS) is 15.1. The maximum absolute atomic E-state index is 12.6. The molecule has 0 N–H and O–H groups in total. The number of ether oxygens (including phenoxy) is 2. The number of benzene rings is 3. The summed E-state index contributed by atoms with van der Waals surface area (Å²) in [6, 6.07) is 23.1. The van der Waals surface area contributed by atoms with Crippen LogP contribution >= 0.6 is 0 Å². The summed E-state index contributed by atoms with van der Waals surface area (Å²) in [5.74, 6) is -0.510. The summed E-state index contributed by atoms with van der Waals surface area (Å²) >= 11 is 0. The van der Waals surface area contributed by atoms with E-state index in [4.69, 9.17) is 9.47 Å². The number of carbonyl (C=O) groups is 2. The average Bonchev–Trinajstić information content (AvgIpc) is 2.85. The van der Waals surface area contributed by atoms with Gasteiger partial charge in [0.2, 0.25) is 0 Å². The second-order valence-electron chi connectivity index (χ2n) is 8.50. The Bertz CT molecular complexity index is 1090. The largest absolute Gasteiger partial charge is 0.465 e. The maximum Gasteiger partial charge on any atom is 0.343 e. The van der Waals surface area contributed by atoms with Crippen LogP contribution in [0.25, 0.3) is 0 Å². The number of aryl methyl sites for hydroxylation is 1. The SMILES string of the molecule is COC(=O)c1cccc(C(=O)Oc2ccc(C3(c4ccc(C)cc4)CCCCC3)cc2)c1. The molecule has 1 fully saturated rings. The van der Waals surface area contributed by atoms with Gasteiger partial charge >= 0.3 is 11.9 Å². The van der Waals surface area contributed by atoms with Crippen molar-refractivity contribution in [3.05, 3.63) is 101 Å². The molecular formula is C28H28O4. The summed E-state index contributed by atoms with van der Waals surface area (Å²) in [6.07, 6.45) is 5.93. The van der Waals surface area contributed by atoms with Crippen molar-refractivity contribution in [2.45, 2.75) is 44.4 Å². The lowest BCUT2D eigenvalue weighted by Crippen LogP contribution is -2.30.